The molecule has 0 unspecified atom stereocenters. The fourth-order valence-electron chi connectivity index (χ4n) is 0.915. The zero-order valence-electron chi connectivity index (χ0n) is 7.63. The summed E-state index contributed by atoms with van der Waals surface area (Å²) in [4.78, 5) is 3.81. The predicted octanol–water partition coefficient (Wildman–Crippen LogP) is 2.11. The molecule has 0 amide bonds. The van der Waals surface area contributed by atoms with Gasteiger partial charge in [-0.15, -0.1) is 0 Å². The number of anilines is 1. The summed E-state index contributed by atoms with van der Waals surface area (Å²) in [6, 6.07) is 5.98. The molecule has 3 N–H and O–H groups in total. The van der Waals surface area contributed by atoms with Crippen LogP contribution in [0.25, 0.3) is 0 Å². The highest BCUT2D eigenvalue weighted by Gasteiger charge is 1.99. The first kappa shape index (κ1) is 10.1. The normalized spacial score (nSPS) is 11.5. The van der Waals surface area contributed by atoms with E-state index in [1.807, 2.05) is 25.1 Å². The maximum absolute atomic E-state index is 5.53. The van der Waals surface area contributed by atoms with Gasteiger partial charge in [-0.2, -0.15) is 0 Å². The van der Waals surface area contributed by atoms with Gasteiger partial charge in [-0.1, -0.05) is 6.07 Å². The summed E-state index contributed by atoms with van der Waals surface area (Å²) in [5, 5.41) is 2.97. The zero-order valence-corrected chi connectivity index (χ0v) is 9.22. The molecule has 0 fully saturated rings. The second-order valence-corrected chi connectivity index (χ2v) is 3.57. The molecule has 0 saturated carbocycles. The Labute approximate surface area is 86.2 Å². The first-order valence-electron chi connectivity index (χ1n) is 3.89. The van der Waals surface area contributed by atoms with Crippen molar-refractivity contribution in [1.82, 2.24) is 0 Å². The third-order valence-corrected chi connectivity index (χ3v) is 2.28. The molecule has 0 heterocycles. The van der Waals surface area contributed by atoms with Gasteiger partial charge in [-0.3, -0.25) is 4.99 Å². The fraction of sp³-hybridized carbons (Fsp3) is 0.222. The molecule has 0 bridgehead atoms. The Kier molecular flexibility index (Phi) is 3.31. The van der Waals surface area contributed by atoms with Gasteiger partial charge in [-0.25, -0.2) is 0 Å². The van der Waals surface area contributed by atoms with Crippen LogP contribution in [-0.2, 0) is 0 Å². The number of nitrogens with one attached hydrogen (secondary N) is 1. The number of halogens is 1. The molecule has 0 aliphatic rings. The van der Waals surface area contributed by atoms with Crippen LogP contribution in [0.2, 0.25) is 0 Å². The molecule has 4 heteroatoms. The minimum absolute atomic E-state index is 0.407. The highest BCUT2D eigenvalue weighted by Crippen LogP contribution is 2.22. The second-order valence-electron chi connectivity index (χ2n) is 2.72. The van der Waals surface area contributed by atoms with Crippen LogP contribution in [0.15, 0.2) is 27.7 Å². The lowest BCUT2D eigenvalue weighted by Gasteiger charge is -2.07. The van der Waals surface area contributed by atoms with E-state index in [-0.39, 0.29) is 0 Å². The van der Waals surface area contributed by atoms with Crippen molar-refractivity contribution < 1.29 is 0 Å². The first-order chi connectivity index (χ1) is 6.13. The van der Waals surface area contributed by atoms with Gasteiger partial charge in [0.1, 0.15) is 0 Å². The van der Waals surface area contributed by atoms with Crippen molar-refractivity contribution in [3.8, 4) is 0 Å². The van der Waals surface area contributed by atoms with Gasteiger partial charge >= 0.3 is 0 Å². The lowest BCUT2D eigenvalue weighted by atomic mass is 10.2. The summed E-state index contributed by atoms with van der Waals surface area (Å²) in [6.07, 6.45) is 0. The molecule has 0 spiro atoms. The van der Waals surface area contributed by atoms with Crippen molar-refractivity contribution in [2.45, 2.75) is 6.92 Å². The van der Waals surface area contributed by atoms with Crippen molar-refractivity contribution in [3.05, 3.63) is 28.2 Å². The maximum Gasteiger partial charge on any atom is 0.192 e. The third kappa shape index (κ3) is 2.73. The van der Waals surface area contributed by atoms with Gasteiger partial charge in [0, 0.05) is 11.5 Å². The number of guanidine groups is 1. The Morgan fingerprint density at radius 2 is 2.23 bits per heavy atom. The van der Waals surface area contributed by atoms with Crippen LogP contribution < -0.4 is 11.1 Å². The first-order valence-corrected chi connectivity index (χ1v) is 4.68. The van der Waals surface area contributed by atoms with Crippen LogP contribution >= 0.6 is 15.9 Å². The smallest absolute Gasteiger partial charge is 0.192 e. The van der Waals surface area contributed by atoms with Crippen molar-refractivity contribution in [3.63, 3.8) is 0 Å². The number of aryl methyl sites for hydroxylation is 1. The van der Waals surface area contributed by atoms with Gasteiger partial charge in [-0.05, 0) is 40.5 Å². The monoisotopic (exact) mass is 241 g/mol. The minimum atomic E-state index is 0.407. The zero-order chi connectivity index (χ0) is 9.84. The minimum Gasteiger partial charge on any atom is -0.370 e. The molecule has 1 aromatic carbocycles. The Morgan fingerprint density at radius 3 is 2.77 bits per heavy atom. The number of nitrogens with zero attached hydrogens (tertiary/aromatic N) is 1. The van der Waals surface area contributed by atoms with E-state index in [4.69, 9.17) is 5.73 Å². The van der Waals surface area contributed by atoms with Crippen molar-refractivity contribution >= 4 is 27.6 Å². The Morgan fingerprint density at radius 1 is 1.54 bits per heavy atom. The van der Waals surface area contributed by atoms with E-state index >= 15 is 0 Å². The summed E-state index contributed by atoms with van der Waals surface area (Å²) < 4.78 is 0.985. The van der Waals surface area contributed by atoms with E-state index in [0.717, 1.165) is 10.2 Å². The average molecular weight is 242 g/mol. The molecule has 0 radical (unpaired) electrons. The fourth-order valence-corrected chi connectivity index (χ4v) is 1.51. The van der Waals surface area contributed by atoms with Crippen LogP contribution in [-0.4, -0.2) is 13.0 Å². The number of aliphatic imine (C=N–C) groups is 1. The van der Waals surface area contributed by atoms with Gasteiger partial charge in [0.25, 0.3) is 0 Å². The Hall–Kier alpha value is -1.03. The molecule has 0 aromatic heterocycles. The van der Waals surface area contributed by atoms with Gasteiger partial charge < -0.3 is 11.1 Å². The molecule has 13 heavy (non-hydrogen) atoms. The molecule has 70 valence electrons. The molecule has 0 saturated heterocycles. The van der Waals surface area contributed by atoms with E-state index in [1.165, 1.54) is 5.56 Å². The Balaban J connectivity index is 2.90. The SMILES string of the molecule is CN=C(N)Nc1ccc(C)cc1Br. The lowest BCUT2D eigenvalue weighted by Crippen LogP contribution is -2.22. The molecule has 3 nitrogen and oxygen atoms in total. The predicted molar refractivity (Wildman–Crippen MR) is 60.0 cm³/mol. The lowest BCUT2D eigenvalue weighted by molar-refractivity contribution is 1.37. The molecule has 0 aliphatic heterocycles. The number of rotatable bonds is 1. The highest BCUT2D eigenvalue weighted by molar-refractivity contribution is 9.10. The van der Waals surface area contributed by atoms with E-state index < -0.39 is 0 Å². The Bertz CT molecular complexity index is 334. The topological polar surface area (TPSA) is 50.4 Å². The molecule has 1 aromatic rings. The van der Waals surface area contributed by atoms with Crippen LogP contribution in [0, 0.1) is 6.92 Å². The molecule has 0 aliphatic carbocycles. The number of hydrogen-bond acceptors (Lipinski definition) is 1. The quantitative estimate of drug-likeness (QED) is 0.585. The van der Waals surface area contributed by atoms with Crippen LogP contribution in [0.3, 0.4) is 0 Å². The highest BCUT2D eigenvalue weighted by atomic mass is 79.9. The van der Waals surface area contributed by atoms with Crippen LogP contribution in [0.5, 0.6) is 0 Å². The van der Waals surface area contributed by atoms with E-state index in [2.05, 4.69) is 26.2 Å². The van der Waals surface area contributed by atoms with Gasteiger partial charge in [0.05, 0.1) is 5.69 Å². The van der Waals surface area contributed by atoms with Gasteiger partial charge in [0.15, 0.2) is 5.96 Å². The molecular weight excluding hydrogens is 230 g/mol. The molecule has 1 rings (SSSR count). The number of benzene rings is 1. The average Bonchev–Trinajstić information content (AvgIpc) is 2.09. The van der Waals surface area contributed by atoms with Gasteiger partial charge in [0.2, 0.25) is 0 Å². The van der Waals surface area contributed by atoms with E-state index in [1.54, 1.807) is 7.05 Å². The molecular formula is C9H12BrN3. The van der Waals surface area contributed by atoms with E-state index in [0.29, 0.717) is 5.96 Å². The van der Waals surface area contributed by atoms with Crippen molar-refractivity contribution in [2.75, 3.05) is 12.4 Å². The summed E-state index contributed by atoms with van der Waals surface area (Å²) in [5.41, 5.74) is 7.65. The largest absolute Gasteiger partial charge is 0.370 e. The van der Waals surface area contributed by atoms with Crippen molar-refractivity contribution in [1.29, 1.82) is 0 Å². The van der Waals surface area contributed by atoms with Crippen molar-refractivity contribution in [2.24, 2.45) is 10.7 Å². The summed E-state index contributed by atoms with van der Waals surface area (Å²) in [6.45, 7) is 2.03. The summed E-state index contributed by atoms with van der Waals surface area (Å²) in [7, 11) is 1.64. The maximum atomic E-state index is 5.53. The second kappa shape index (κ2) is 4.28. The van der Waals surface area contributed by atoms with Crippen LogP contribution in [0.4, 0.5) is 5.69 Å². The van der Waals surface area contributed by atoms with Crippen LogP contribution in [0.1, 0.15) is 5.56 Å². The summed E-state index contributed by atoms with van der Waals surface area (Å²) >= 11 is 3.43. The third-order valence-electron chi connectivity index (χ3n) is 1.63. The number of hydrogen-bond donors (Lipinski definition) is 2. The van der Waals surface area contributed by atoms with E-state index in [9.17, 15) is 0 Å². The standard InChI is InChI=1S/C9H12BrN3/c1-6-3-4-8(7(10)5-6)13-9(11)12-2/h3-5H,1-2H3,(H3,11,12,13). The summed E-state index contributed by atoms with van der Waals surface area (Å²) in [5.74, 6) is 0.407. The number of nitrogens with two attached hydrogens (primary N) is 1. The molecule has 0 atom stereocenters.